The van der Waals surface area contributed by atoms with E-state index in [2.05, 4.69) is 20.8 Å². The van der Waals surface area contributed by atoms with Crippen LogP contribution in [0.3, 0.4) is 0 Å². The number of rotatable bonds is 11. The van der Waals surface area contributed by atoms with Gasteiger partial charge in [-0.05, 0) is 30.4 Å². The predicted molar refractivity (Wildman–Crippen MR) is 92.8 cm³/mol. The Hall–Kier alpha value is -1.26. The van der Waals surface area contributed by atoms with Crippen LogP contribution in [0.2, 0.25) is 0 Å². The standard InChI is InChI=1S/C19H32O4/c1-14(2)6-5-7-15(3)8-9-23-19-11-16(12-20)18(22-4)10-17(19)13-21/h10-11,14-15,20-21H,5-9,12-13H2,1-4H3/t15-/m0/s1. The van der Waals surface area contributed by atoms with Crippen molar-refractivity contribution in [1.82, 2.24) is 0 Å². The second kappa shape index (κ2) is 10.5. The maximum Gasteiger partial charge on any atom is 0.125 e. The van der Waals surface area contributed by atoms with Gasteiger partial charge in [-0.2, -0.15) is 0 Å². The lowest BCUT2D eigenvalue weighted by atomic mass is 9.98. The Balaban J connectivity index is 2.53. The zero-order valence-corrected chi connectivity index (χ0v) is 15.0. The van der Waals surface area contributed by atoms with Gasteiger partial charge in [0.25, 0.3) is 0 Å². The largest absolute Gasteiger partial charge is 0.496 e. The molecule has 4 nitrogen and oxygen atoms in total. The zero-order valence-electron chi connectivity index (χ0n) is 15.0. The van der Waals surface area contributed by atoms with Crippen molar-refractivity contribution in [1.29, 1.82) is 0 Å². The maximum atomic E-state index is 9.48. The molecule has 1 atom stereocenters. The van der Waals surface area contributed by atoms with E-state index in [1.165, 1.54) is 19.3 Å². The van der Waals surface area contributed by atoms with Crippen LogP contribution in [-0.4, -0.2) is 23.9 Å². The first-order chi connectivity index (χ1) is 11.0. The number of ether oxygens (including phenoxy) is 2. The van der Waals surface area contributed by atoms with Crippen LogP contribution in [0.25, 0.3) is 0 Å². The van der Waals surface area contributed by atoms with Crippen molar-refractivity contribution in [3.8, 4) is 11.5 Å². The number of benzene rings is 1. The molecule has 1 aromatic rings. The van der Waals surface area contributed by atoms with Crippen molar-refractivity contribution in [3.05, 3.63) is 23.3 Å². The van der Waals surface area contributed by atoms with E-state index >= 15 is 0 Å². The van der Waals surface area contributed by atoms with Gasteiger partial charge in [0, 0.05) is 11.1 Å². The first-order valence-corrected chi connectivity index (χ1v) is 8.56. The normalized spacial score (nSPS) is 12.5. The summed E-state index contributed by atoms with van der Waals surface area (Å²) in [5, 5.41) is 18.9. The summed E-state index contributed by atoms with van der Waals surface area (Å²) in [5.74, 6) is 2.60. The summed E-state index contributed by atoms with van der Waals surface area (Å²) in [5.41, 5.74) is 1.36. The molecule has 4 heteroatoms. The second-order valence-corrected chi connectivity index (χ2v) is 6.66. The number of aliphatic hydroxyl groups is 2. The number of hydrogen-bond acceptors (Lipinski definition) is 4. The van der Waals surface area contributed by atoms with E-state index in [1.54, 1.807) is 19.2 Å². The van der Waals surface area contributed by atoms with E-state index in [1.807, 2.05) is 0 Å². The van der Waals surface area contributed by atoms with Gasteiger partial charge in [0.15, 0.2) is 0 Å². The molecule has 0 heterocycles. The molecule has 0 unspecified atom stereocenters. The van der Waals surface area contributed by atoms with Crippen molar-refractivity contribution in [2.24, 2.45) is 11.8 Å². The maximum absolute atomic E-state index is 9.48. The molecule has 1 rings (SSSR count). The zero-order chi connectivity index (χ0) is 17.2. The van der Waals surface area contributed by atoms with Crippen LogP contribution in [0.15, 0.2) is 12.1 Å². The fourth-order valence-electron chi connectivity index (χ4n) is 2.60. The third-order valence-electron chi connectivity index (χ3n) is 4.15. The Labute approximate surface area is 140 Å². The topological polar surface area (TPSA) is 58.9 Å². The molecule has 0 aliphatic carbocycles. The monoisotopic (exact) mass is 324 g/mol. The van der Waals surface area contributed by atoms with Gasteiger partial charge < -0.3 is 19.7 Å². The van der Waals surface area contributed by atoms with Gasteiger partial charge in [-0.15, -0.1) is 0 Å². The SMILES string of the molecule is COc1cc(CO)c(OCC[C@@H](C)CCCC(C)C)cc1CO. The second-order valence-electron chi connectivity index (χ2n) is 6.66. The Morgan fingerprint density at radius 3 is 2.09 bits per heavy atom. The highest BCUT2D eigenvalue weighted by Crippen LogP contribution is 2.29. The molecule has 0 radical (unpaired) electrons. The molecular formula is C19H32O4. The molecule has 0 bridgehead atoms. The van der Waals surface area contributed by atoms with Crippen molar-refractivity contribution >= 4 is 0 Å². The highest BCUT2D eigenvalue weighted by molar-refractivity contribution is 5.46. The summed E-state index contributed by atoms with van der Waals surface area (Å²) >= 11 is 0. The number of hydrogen-bond donors (Lipinski definition) is 2. The van der Waals surface area contributed by atoms with Gasteiger partial charge in [0.2, 0.25) is 0 Å². The number of aliphatic hydroxyl groups excluding tert-OH is 2. The van der Waals surface area contributed by atoms with Crippen molar-refractivity contribution < 1.29 is 19.7 Å². The van der Waals surface area contributed by atoms with E-state index in [4.69, 9.17) is 9.47 Å². The summed E-state index contributed by atoms with van der Waals surface area (Å²) in [6, 6.07) is 3.49. The Kier molecular flexibility index (Phi) is 9.03. The van der Waals surface area contributed by atoms with Crippen LogP contribution in [-0.2, 0) is 13.2 Å². The minimum atomic E-state index is -0.114. The molecule has 0 spiro atoms. The first kappa shape index (κ1) is 19.8. The Morgan fingerprint density at radius 2 is 1.52 bits per heavy atom. The van der Waals surface area contributed by atoms with Crippen LogP contribution in [0, 0.1) is 11.8 Å². The van der Waals surface area contributed by atoms with Crippen LogP contribution >= 0.6 is 0 Å². The predicted octanol–water partition coefficient (Wildman–Crippen LogP) is 3.91. The van der Waals surface area contributed by atoms with Crippen LogP contribution in [0.4, 0.5) is 0 Å². The molecule has 1 aromatic carbocycles. The molecule has 0 aliphatic rings. The minimum Gasteiger partial charge on any atom is -0.496 e. The minimum absolute atomic E-state index is 0.110. The van der Waals surface area contributed by atoms with Gasteiger partial charge in [0.1, 0.15) is 11.5 Å². The Bertz CT molecular complexity index is 457. The van der Waals surface area contributed by atoms with Crippen molar-refractivity contribution in [2.45, 2.75) is 59.7 Å². The van der Waals surface area contributed by atoms with Crippen molar-refractivity contribution in [3.63, 3.8) is 0 Å². The summed E-state index contributed by atoms with van der Waals surface area (Å²) in [6.45, 7) is 7.16. The lowest BCUT2D eigenvalue weighted by Gasteiger charge is -2.16. The molecular weight excluding hydrogens is 292 g/mol. The van der Waals surface area contributed by atoms with E-state index in [-0.39, 0.29) is 13.2 Å². The lowest BCUT2D eigenvalue weighted by Crippen LogP contribution is -2.07. The number of methoxy groups -OCH3 is 1. The lowest BCUT2D eigenvalue weighted by molar-refractivity contribution is 0.245. The fourth-order valence-corrected chi connectivity index (χ4v) is 2.60. The summed E-state index contributed by atoms with van der Waals surface area (Å²) in [7, 11) is 1.55. The molecule has 0 fully saturated rings. The smallest absolute Gasteiger partial charge is 0.125 e. The summed E-state index contributed by atoms with van der Waals surface area (Å²) in [4.78, 5) is 0. The average Bonchev–Trinajstić information content (AvgIpc) is 2.53. The quantitative estimate of drug-likeness (QED) is 0.648. The summed E-state index contributed by atoms with van der Waals surface area (Å²) in [6.07, 6.45) is 4.75. The molecule has 132 valence electrons. The van der Waals surface area contributed by atoms with Crippen LogP contribution < -0.4 is 9.47 Å². The fraction of sp³-hybridized carbons (Fsp3) is 0.684. The van der Waals surface area contributed by atoms with Gasteiger partial charge >= 0.3 is 0 Å². The molecule has 0 saturated carbocycles. The van der Waals surface area contributed by atoms with Crippen LogP contribution in [0.5, 0.6) is 11.5 Å². The first-order valence-electron chi connectivity index (χ1n) is 8.56. The molecule has 23 heavy (non-hydrogen) atoms. The van der Waals surface area contributed by atoms with E-state index < -0.39 is 0 Å². The Morgan fingerprint density at radius 1 is 0.913 bits per heavy atom. The molecule has 0 aliphatic heterocycles. The van der Waals surface area contributed by atoms with Gasteiger partial charge in [-0.3, -0.25) is 0 Å². The van der Waals surface area contributed by atoms with Crippen LogP contribution in [0.1, 0.15) is 57.6 Å². The molecule has 2 N–H and O–H groups in total. The third-order valence-corrected chi connectivity index (χ3v) is 4.15. The van der Waals surface area contributed by atoms with Gasteiger partial charge in [-0.25, -0.2) is 0 Å². The highest BCUT2D eigenvalue weighted by atomic mass is 16.5. The van der Waals surface area contributed by atoms with E-state index in [0.29, 0.717) is 35.2 Å². The van der Waals surface area contributed by atoms with Crippen molar-refractivity contribution in [2.75, 3.05) is 13.7 Å². The summed E-state index contributed by atoms with van der Waals surface area (Å²) < 4.78 is 11.1. The molecule has 0 saturated heterocycles. The third kappa shape index (κ3) is 6.80. The van der Waals surface area contributed by atoms with E-state index in [9.17, 15) is 10.2 Å². The molecule has 0 amide bonds. The van der Waals surface area contributed by atoms with Gasteiger partial charge in [0.05, 0.1) is 26.9 Å². The van der Waals surface area contributed by atoms with E-state index in [0.717, 1.165) is 12.3 Å². The highest BCUT2D eigenvalue weighted by Gasteiger charge is 2.11. The average molecular weight is 324 g/mol. The van der Waals surface area contributed by atoms with Gasteiger partial charge in [-0.1, -0.05) is 40.0 Å². The molecule has 0 aromatic heterocycles.